The van der Waals surface area contributed by atoms with E-state index in [9.17, 15) is 23.8 Å². The molecule has 0 bridgehead atoms. The second-order valence-electron chi connectivity index (χ2n) is 1.53. The quantitative estimate of drug-likeness (QED) is 0.388. The van der Waals surface area contributed by atoms with Crippen molar-refractivity contribution in [2.24, 2.45) is 0 Å². The Morgan fingerprint density at radius 2 is 1.47 bits per heavy atom. The maximum atomic E-state index is 10.3. The van der Waals surface area contributed by atoms with Crippen molar-refractivity contribution < 1.29 is 126 Å². The number of rotatable bonds is 5. The summed E-state index contributed by atoms with van der Waals surface area (Å²) in [6.07, 6.45) is 0. The molecule has 8 nitrogen and oxygen atoms in total. The molecule has 1 N–H and O–H groups in total. The average molecular weight is 288 g/mol. The van der Waals surface area contributed by atoms with Crippen molar-refractivity contribution in [3.05, 3.63) is 0 Å². The minimum atomic E-state index is -5.61. The summed E-state index contributed by atoms with van der Waals surface area (Å²) < 4.78 is 26.8. The van der Waals surface area contributed by atoms with E-state index in [4.69, 9.17) is 5.11 Å². The molecule has 0 aliphatic rings. The van der Waals surface area contributed by atoms with Crippen LogP contribution in [-0.4, -0.2) is 18.3 Å². The summed E-state index contributed by atoms with van der Waals surface area (Å²) in [5, 5.41) is 8.06. The molecule has 0 rings (SSSR count). The van der Waals surface area contributed by atoms with Crippen LogP contribution in [0.1, 0.15) is 0 Å². The zero-order valence-corrected chi connectivity index (χ0v) is 16.4. The van der Waals surface area contributed by atoms with E-state index >= 15 is 0 Å². The van der Waals surface area contributed by atoms with Gasteiger partial charge < -0.3 is 28.9 Å². The van der Waals surface area contributed by atoms with Gasteiger partial charge in [0.05, 0.1) is 21.0 Å². The van der Waals surface area contributed by atoms with Gasteiger partial charge in [-0.25, -0.2) is 0 Å². The van der Waals surface area contributed by atoms with Crippen LogP contribution in [0.5, 0.6) is 0 Å². The van der Waals surface area contributed by atoms with Crippen LogP contribution in [0.3, 0.4) is 0 Å². The minimum absolute atomic E-state index is 0. The SMILES string of the molecule is O=P([O-])([O-])OP(=O)([O-])OCCO.[Na+].[Na+].[Na+]. The number of hydrogen-bond donors (Lipinski definition) is 1. The van der Waals surface area contributed by atoms with Gasteiger partial charge in [0.1, 0.15) is 0 Å². The van der Waals surface area contributed by atoms with Crippen LogP contribution in [0.25, 0.3) is 0 Å². The van der Waals surface area contributed by atoms with Crippen LogP contribution < -0.4 is 103 Å². The first-order valence-electron chi connectivity index (χ1n) is 2.57. The van der Waals surface area contributed by atoms with Crippen molar-refractivity contribution in [1.82, 2.24) is 0 Å². The third kappa shape index (κ3) is 19.7. The van der Waals surface area contributed by atoms with Crippen LogP contribution in [0.15, 0.2) is 0 Å². The van der Waals surface area contributed by atoms with Gasteiger partial charge in [-0.15, -0.1) is 0 Å². The van der Waals surface area contributed by atoms with Gasteiger partial charge in [-0.1, -0.05) is 0 Å². The Labute approximate surface area is 153 Å². The molecule has 0 spiro atoms. The summed E-state index contributed by atoms with van der Waals surface area (Å²) in [6.45, 7) is -1.31. The van der Waals surface area contributed by atoms with E-state index < -0.39 is 28.9 Å². The minimum Gasteiger partial charge on any atom is -0.790 e. The molecule has 74 valence electrons. The molecule has 0 radical (unpaired) electrons. The third-order valence-electron chi connectivity index (χ3n) is 0.541. The molecule has 0 saturated carbocycles. The Hall–Kier alpha value is 3.22. The molecular weight excluding hydrogens is 283 g/mol. The average Bonchev–Trinajstić information content (AvgIpc) is 1.78. The zero-order valence-electron chi connectivity index (χ0n) is 8.61. The van der Waals surface area contributed by atoms with Crippen LogP contribution in [0.4, 0.5) is 0 Å². The molecule has 0 aromatic carbocycles. The third-order valence-corrected chi connectivity index (χ3v) is 2.64. The topological polar surface area (TPSA) is 142 Å². The van der Waals surface area contributed by atoms with Crippen LogP contribution >= 0.6 is 15.6 Å². The second-order valence-corrected chi connectivity index (χ2v) is 4.23. The predicted octanol–water partition coefficient (Wildman–Crippen LogP) is -11.7. The first-order valence-corrected chi connectivity index (χ1v) is 5.49. The standard InChI is InChI=1S/C2H8O8P2.3Na/c3-1-2-9-12(7,8)10-11(4,5)6;;;/h3H,1-2H2,(H,7,8)(H2,4,5,6);;;/q;3*+1/p-3. The fourth-order valence-corrected chi connectivity index (χ4v) is 1.77. The van der Waals surface area contributed by atoms with E-state index in [1.165, 1.54) is 0 Å². The Morgan fingerprint density at radius 1 is 1.07 bits per heavy atom. The summed E-state index contributed by atoms with van der Waals surface area (Å²) >= 11 is 0. The molecule has 0 saturated heterocycles. The summed E-state index contributed by atoms with van der Waals surface area (Å²) in [5.74, 6) is 0. The van der Waals surface area contributed by atoms with Gasteiger partial charge in [0, 0.05) is 0 Å². The van der Waals surface area contributed by atoms with Gasteiger partial charge in [0.2, 0.25) is 0 Å². The summed E-state index contributed by atoms with van der Waals surface area (Å²) in [5.41, 5.74) is 0. The van der Waals surface area contributed by atoms with Crippen molar-refractivity contribution in [3.63, 3.8) is 0 Å². The normalized spacial score (nSPS) is 13.9. The molecule has 0 aliphatic carbocycles. The maximum absolute atomic E-state index is 10.3. The van der Waals surface area contributed by atoms with Crippen LogP contribution in [-0.2, 0) is 18.0 Å². The van der Waals surface area contributed by atoms with E-state index in [2.05, 4.69) is 8.83 Å². The summed E-state index contributed by atoms with van der Waals surface area (Å²) in [6, 6.07) is 0. The van der Waals surface area contributed by atoms with E-state index in [1.807, 2.05) is 0 Å². The molecule has 0 aliphatic heterocycles. The fraction of sp³-hybridized carbons (Fsp3) is 1.00. The van der Waals surface area contributed by atoms with Gasteiger partial charge >= 0.3 is 88.7 Å². The van der Waals surface area contributed by atoms with E-state index in [0.29, 0.717) is 0 Å². The van der Waals surface area contributed by atoms with Gasteiger partial charge in [0.15, 0.2) is 0 Å². The first-order chi connectivity index (χ1) is 5.27. The van der Waals surface area contributed by atoms with Crippen LogP contribution in [0, 0.1) is 0 Å². The Morgan fingerprint density at radius 3 is 1.73 bits per heavy atom. The second kappa shape index (κ2) is 12.3. The van der Waals surface area contributed by atoms with Gasteiger partial charge in [-0.05, 0) is 0 Å². The Kier molecular flexibility index (Phi) is 21.8. The van der Waals surface area contributed by atoms with E-state index in [-0.39, 0.29) is 88.7 Å². The van der Waals surface area contributed by atoms with E-state index in [1.54, 1.807) is 0 Å². The van der Waals surface area contributed by atoms with Crippen molar-refractivity contribution in [2.45, 2.75) is 0 Å². The van der Waals surface area contributed by atoms with Crippen LogP contribution in [0.2, 0.25) is 0 Å². The molecular formula is C2H5Na3O8P2. The fourth-order valence-electron chi connectivity index (χ4n) is 0.299. The summed E-state index contributed by atoms with van der Waals surface area (Å²) in [4.78, 5) is 29.8. The molecule has 1 atom stereocenters. The number of hydrogen-bond acceptors (Lipinski definition) is 8. The van der Waals surface area contributed by atoms with Gasteiger partial charge in [0.25, 0.3) is 7.82 Å². The summed E-state index contributed by atoms with van der Waals surface area (Å²) in [7, 11) is -10.7. The van der Waals surface area contributed by atoms with E-state index in [0.717, 1.165) is 0 Å². The molecule has 0 aromatic rings. The predicted molar refractivity (Wildman–Crippen MR) is 29.3 cm³/mol. The number of aliphatic hydroxyl groups excluding tert-OH is 1. The first kappa shape index (κ1) is 26.7. The van der Waals surface area contributed by atoms with Crippen molar-refractivity contribution in [3.8, 4) is 0 Å². The van der Waals surface area contributed by atoms with Crippen molar-refractivity contribution >= 4 is 15.6 Å². The molecule has 0 fully saturated rings. The van der Waals surface area contributed by atoms with Crippen molar-refractivity contribution in [2.75, 3.05) is 13.2 Å². The molecule has 1 unspecified atom stereocenters. The molecule has 0 aromatic heterocycles. The largest absolute Gasteiger partial charge is 1.00 e. The smallest absolute Gasteiger partial charge is 0.790 e. The van der Waals surface area contributed by atoms with Gasteiger partial charge in [-0.3, -0.25) is 8.88 Å². The van der Waals surface area contributed by atoms with Gasteiger partial charge in [-0.2, -0.15) is 0 Å². The maximum Gasteiger partial charge on any atom is 1.00 e. The number of phosphoric acid groups is 2. The molecule has 15 heavy (non-hydrogen) atoms. The number of aliphatic hydroxyl groups is 1. The molecule has 13 heteroatoms. The Bertz CT molecular complexity index is 228. The van der Waals surface area contributed by atoms with Crippen molar-refractivity contribution in [1.29, 1.82) is 0 Å². The zero-order chi connectivity index (χ0) is 9.83. The monoisotopic (exact) mass is 288 g/mol. The molecule has 0 heterocycles. The number of phosphoric ester groups is 1. The Balaban J connectivity index is -0.000000202. The molecule has 0 amide bonds.